The Labute approximate surface area is 229 Å². The number of urea groups is 1. The Hall–Kier alpha value is -3.18. The molecule has 0 aromatic heterocycles. The van der Waals surface area contributed by atoms with Crippen molar-refractivity contribution in [3.05, 3.63) is 40.8 Å². The molecule has 4 rings (SSSR count). The monoisotopic (exact) mass is 544 g/mol. The molecule has 1 saturated heterocycles. The second-order valence-electron chi connectivity index (χ2n) is 11.1. The second kappa shape index (κ2) is 11.9. The van der Waals surface area contributed by atoms with Crippen LogP contribution in [0.2, 0.25) is 0 Å². The number of piperazine rings is 1. The van der Waals surface area contributed by atoms with E-state index in [2.05, 4.69) is 15.5 Å². The van der Waals surface area contributed by atoms with Crippen molar-refractivity contribution in [3.63, 3.8) is 0 Å². The lowest BCUT2D eigenvalue weighted by Crippen LogP contribution is -2.59. The first-order chi connectivity index (χ1) is 18.5. The van der Waals surface area contributed by atoms with Gasteiger partial charge in [-0.3, -0.25) is 14.4 Å². The Morgan fingerprint density at radius 2 is 1.79 bits per heavy atom. The summed E-state index contributed by atoms with van der Waals surface area (Å²) >= 11 is 0. The zero-order valence-corrected chi connectivity index (χ0v) is 23.5. The number of carbonyl (C=O) groups is 3. The summed E-state index contributed by atoms with van der Waals surface area (Å²) in [5.74, 6) is -1.19. The third kappa shape index (κ3) is 6.70. The number of halogens is 1. The molecule has 0 bridgehead atoms. The van der Waals surface area contributed by atoms with Gasteiger partial charge in [0, 0.05) is 38.6 Å². The Bertz CT molecular complexity index is 1120. The molecule has 11 heteroatoms. The van der Waals surface area contributed by atoms with Crippen molar-refractivity contribution < 1.29 is 23.6 Å². The first-order valence-electron chi connectivity index (χ1n) is 13.7. The third-order valence-electron chi connectivity index (χ3n) is 8.23. The average Bonchev–Trinajstić information content (AvgIpc) is 3.85. The van der Waals surface area contributed by atoms with Gasteiger partial charge in [0.05, 0.1) is 18.5 Å². The van der Waals surface area contributed by atoms with Crippen molar-refractivity contribution >= 4 is 23.5 Å². The van der Waals surface area contributed by atoms with E-state index in [1.54, 1.807) is 17.9 Å². The summed E-state index contributed by atoms with van der Waals surface area (Å²) in [4.78, 5) is 48.0. The summed E-state index contributed by atoms with van der Waals surface area (Å²) in [6, 6.07) is 3.05. The average molecular weight is 545 g/mol. The normalized spacial score (nSPS) is 21.1. The van der Waals surface area contributed by atoms with Gasteiger partial charge in [0.25, 0.3) is 5.91 Å². The molecule has 2 saturated carbocycles. The van der Waals surface area contributed by atoms with E-state index in [0.717, 1.165) is 36.3 Å². The summed E-state index contributed by atoms with van der Waals surface area (Å²) in [7, 11) is 4.80. The first kappa shape index (κ1) is 28.8. The minimum absolute atomic E-state index is 0.0174. The summed E-state index contributed by atoms with van der Waals surface area (Å²) < 4.78 is 15.2. The van der Waals surface area contributed by atoms with E-state index in [-0.39, 0.29) is 23.3 Å². The summed E-state index contributed by atoms with van der Waals surface area (Å²) in [5, 5.41) is 6.37. The number of anilines is 1. The van der Waals surface area contributed by atoms with Gasteiger partial charge in [0.15, 0.2) is 0 Å². The molecular formula is C28H41FN6O4. The number of hydrogen-bond donors (Lipinski definition) is 3. The van der Waals surface area contributed by atoms with Crippen LogP contribution in [0, 0.1) is 17.7 Å². The van der Waals surface area contributed by atoms with Crippen LogP contribution in [0.1, 0.15) is 51.0 Å². The van der Waals surface area contributed by atoms with Gasteiger partial charge >= 0.3 is 6.03 Å². The SMILES string of the molecule is CON(C)C(=O)N[C@@H](C(=O)N1CCN(C)[C@H](C)C1)[C@@H](C)c1ccc(NC(=O)C(N)=C(C2CC2)C2CC2)c(F)c1. The maximum Gasteiger partial charge on any atom is 0.341 e. The van der Waals surface area contributed by atoms with Crippen LogP contribution < -0.4 is 16.4 Å². The lowest BCUT2D eigenvalue weighted by molar-refractivity contribution is -0.136. The minimum atomic E-state index is -0.955. The predicted molar refractivity (Wildman–Crippen MR) is 146 cm³/mol. The fourth-order valence-electron chi connectivity index (χ4n) is 5.14. The standard InChI is InChI=1S/C28H41FN6O4/c1-16-15-35(13-12-33(16)3)27(37)25(32-28(38)34(4)39-5)17(2)20-10-11-22(21(29)14-20)31-26(36)24(30)23(18-6-7-18)19-8-9-19/h10-11,14,16-19,25H,6-9,12-13,15,30H2,1-5H3,(H,31,36)(H,32,38)/t16-,17+,25-/m1/s1. The molecule has 3 aliphatic rings. The molecule has 1 aromatic carbocycles. The number of hydrogen-bond acceptors (Lipinski definition) is 6. The second-order valence-corrected chi connectivity index (χ2v) is 11.1. The lowest BCUT2D eigenvalue weighted by atomic mass is 9.91. The smallest absolute Gasteiger partial charge is 0.341 e. The number of allylic oxidation sites excluding steroid dienone is 1. The van der Waals surface area contributed by atoms with Gasteiger partial charge in [-0.05, 0) is 74.8 Å². The largest absolute Gasteiger partial charge is 0.394 e. The minimum Gasteiger partial charge on any atom is -0.394 e. The van der Waals surface area contributed by atoms with E-state index in [4.69, 9.17) is 10.6 Å². The van der Waals surface area contributed by atoms with Crippen molar-refractivity contribution in [2.75, 3.05) is 46.2 Å². The molecule has 3 fully saturated rings. The lowest BCUT2D eigenvalue weighted by Gasteiger charge is -2.40. The topological polar surface area (TPSA) is 120 Å². The van der Waals surface area contributed by atoms with Crippen molar-refractivity contribution in [2.24, 2.45) is 17.6 Å². The molecule has 1 aliphatic heterocycles. The molecule has 10 nitrogen and oxygen atoms in total. The quantitative estimate of drug-likeness (QED) is 0.325. The summed E-state index contributed by atoms with van der Waals surface area (Å²) in [6.45, 7) is 5.56. The molecule has 4 N–H and O–H groups in total. The molecule has 1 aromatic rings. The highest BCUT2D eigenvalue weighted by molar-refractivity contribution is 6.03. The first-order valence-corrected chi connectivity index (χ1v) is 13.7. The number of rotatable bonds is 9. The molecule has 0 radical (unpaired) electrons. The van der Waals surface area contributed by atoms with Gasteiger partial charge < -0.3 is 26.2 Å². The Kier molecular flexibility index (Phi) is 8.80. The zero-order valence-electron chi connectivity index (χ0n) is 23.5. The van der Waals surface area contributed by atoms with E-state index >= 15 is 4.39 Å². The van der Waals surface area contributed by atoms with E-state index in [1.165, 1.54) is 26.3 Å². The van der Waals surface area contributed by atoms with Gasteiger partial charge in [0.2, 0.25) is 5.91 Å². The van der Waals surface area contributed by atoms with Crippen molar-refractivity contribution in [3.8, 4) is 0 Å². The van der Waals surface area contributed by atoms with Gasteiger partial charge in [-0.15, -0.1) is 0 Å². The molecule has 2 aliphatic carbocycles. The molecule has 3 atom stereocenters. The molecule has 4 amide bonds. The molecule has 0 unspecified atom stereocenters. The van der Waals surface area contributed by atoms with Crippen LogP contribution in [0.4, 0.5) is 14.9 Å². The Morgan fingerprint density at radius 1 is 1.15 bits per heavy atom. The number of nitrogens with zero attached hydrogens (tertiary/aromatic N) is 3. The van der Waals surface area contributed by atoms with Gasteiger partial charge in [0.1, 0.15) is 11.9 Å². The van der Waals surface area contributed by atoms with Crippen LogP contribution in [0.5, 0.6) is 0 Å². The predicted octanol–water partition coefficient (Wildman–Crippen LogP) is 2.63. The number of nitrogens with one attached hydrogen (secondary N) is 2. The number of nitrogens with two attached hydrogens (primary N) is 1. The summed E-state index contributed by atoms with van der Waals surface area (Å²) in [5.41, 5.74) is 7.96. The molecular weight excluding hydrogens is 503 g/mol. The van der Waals surface area contributed by atoms with Crippen LogP contribution in [0.15, 0.2) is 29.5 Å². The number of likely N-dealkylation sites (N-methyl/N-ethyl adjacent to an activating group) is 1. The fraction of sp³-hybridized carbons (Fsp3) is 0.607. The van der Waals surface area contributed by atoms with Crippen LogP contribution in [-0.2, 0) is 14.4 Å². The number of amides is 4. The summed E-state index contributed by atoms with van der Waals surface area (Å²) in [6.07, 6.45) is 4.18. The highest BCUT2D eigenvalue weighted by atomic mass is 19.1. The molecule has 39 heavy (non-hydrogen) atoms. The zero-order chi connectivity index (χ0) is 28.4. The van der Waals surface area contributed by atoms with Crippen LogP contribution in [0.3, 0.4) is 0 Å². The van der Waals surface area contributed by atoms with Gasteiger partial charge in [-0.2, -0.15) is 0 Å². The van der Waals surface area contributed by atoms with Crippen LogP contribution >= 0.6 is 0 Å². The van der Waals surface area contributed by atoms with Crippen LogP contribution in [-0.4, -0.2) is 85.6 Å². The van der Waals surface area contributed by atoms with E-state index in [9.17, 15) is 14.4 Å². The maximum absolute atomic E-state index is 15.2. The van der Waals surface area contributed by atoms with Crippen molar-refractivity contribution in [1.29, 1.82) is 0 Å². The Morgan fingerprint density at radius 3 is 2.33 bits per heavy atom. The molecule has 1 heterocycles. The number of hydroxylamine groups is 2. The van der Waals surface area contributed by atoms with E-state index < -0.39 is 29.7 Å². The molecule has 214 valence electrons. The maximum atomic E-state index is 15.2. The van der Waals surface area contributed by atoms with Gasteiger partial charge in [-0.25, -0.2) is 14.2 Å². The van der Waals surface area contributed by atoms with Crippen molar-refractivity contribution in [2.45, 2.75) is 57.5 Å². The van der Waals surface area contributed by atoms with E-state index in [0.29, 0.717) is 37.0 Å². The van der Waals surface area contributed by atoms with Crippen molar-refractivity contribution in [1.82, 2.24) is 20.2 Å². The highest BCUT2D eigenvalue weighted by Gasteiger charge is 2.39. The van der Waals surface area contributed by atoms with Gasteiger partial charge in [-0.1, -0.05) is 13.0 Å². The number of carbonyl (C=O) groups excluding carboxylic acids is 3. The number of benzene rings is 1. The highest BCUT2D eigenvalue weighted by Crippen LogP contribution is 2.49. The Balaban J connectivity index is 1.52. The van der Waals surface area contributed by atoms with Crippen LogP contribution in [0.25, 0.3) is 0 Å². The third-order valence-corrected chi connectivity index (χ3v) is 8.23. The fourth-order valence-corrected chi connectivity index (χ4v) is 5.14. The molecule has 0 spiro atoms. The van der Waals surface area contributed by atoms with E-state index in [1.807, 2.05) is 14.0 Å².